The molecular weight excluding hydrogens is 1000 g/mol. The molecule has 6 heterocycles. The molecule has 6 aliphatic rings. The second-order valence-electron chi connectivity index (χ2n) is 18.3. The van der Waals surface area contributed by atoms with Crippen LogP contribution in [0.5, 0.6) is 0 Å². The first-order chi connectivity index (χ1) is 34.5. The Morgan fingerprint density at radius 3 is 1.27 bits per heavy atom. The molecule has 2 amide bonds. The van der Waals surface area contributed by atoms with E-state index in [9.17, 15) is 102 Å². The van der Waals surface area contributed by atoms with Crippen molar-refractivity contribution in [1.82, 2.24) is 10.6 Å². The Morgan fingerprint density at radius 2 is 0.740 bits per heavy atom. The number of carbonyl (C=O) groups excluding carboxylic acids is 2. The third-order valence-corrected chi connectivity index (χ3v) is 13.2. The second-order valence-corrected chi connectivity index (χ2v) is 18.3. The van der Waals surface area contributed by atoms with Crippen LogP contribution in [-0.4, -0.2) is 327 Å². The highest BCUT2D eigenvalue weighted by molar-refractivity contribution is 5.73. The lowest BCUT2D eigenvalue weighted by Crippen LogP contribution is -2.70. The maximum atomic E-state index is 12.7. The van der Waals surface area contributed by atoms with E-state index in [1.54, 1.807) is 0 Å². The minimum absolute atomic E-state index is 0.767. The quantitative estimate of drug-likeness (QED) is 0.0606. The lowest BCUT2D eigenvalue weighted by Gasteiger charge is -2.50. The van der Waals surface area contributed by atoms with Crippen LogP contribution >= 0.6 is 0 Å². The van der Waals surface area contributed by atoms with Crippen molar-refractivity contribution in [1.29, 1.82) is 0 Å². The molecule has 6 fully saturated rings. The third-order valence-electron chi connectivity index (χ3n) is 13.2. The van der Waals surface area contributed by atoms with E-state index in [-0.39, 0.29) is 0 Å². The molecule has 6 saturated heterocycles. The number of hydrogen-bond donors (Lipinski definition) is 20. The number of nitrogens with one attached hydrogen (secondary N) is 2. The molecule has 0 radical (unpaired) electrons. The Hall–Kier alpha value is -2.22. The summed E-state index contributed by atoms with van der Waals surface area (Å²) in [5, 5.41) is 196. The van der Waals surface area contributed by atoms with Gasteiger partial charge in [0.1, 0.15) is 146 Å². The van der Waals surface area contributed by atoms with Gasteiger partial charge in [-0.25, -0.2) is 0 Å². The first-order valence-electron chi connectivity index (χ1n) is 23.1. The zero-order valence-corrected chi connectivity index (χ0v) is 38.9. The molecule has 0 saturated carbocycles. The van der Waals surface area contributed by atoms with Gasteiger partial charge in [-0.3, -0.25) is 9.59 Å². The number of amides is 2. The first-order valence-corrected chi connectivity index (χ1v) is 23.1. The Bertz CT molecular complexity index is 1750. The molecule has 20 N–H and O–H groups in total. The van der Waals surface area contributed by atoms with E-state index in [1.807, 2.05) is 0 Å². The summed E-state index contributed by atoms with van der Waals surface area (Å²) in [5.74, 6) is -1.62. The van der Waals surface area contributed by atoms with Gasteiger partial charge in [-0.1, -0.05) is 0 Å². The van der Waals surface area contributed by atoms with Crippen molar-refractivity contribution < 1.29 is 154 Å². The molecule has 0 bridgehead atoms. The molecule has 0 aromatic rings. The Kier molecular flexibility index (Phi) is 21.3. The van der Waals surface area contributed by atoms with E-state index >= 15 is 0 Å². The van der Waals surface area contributed by atoms with Gasteiger partial charge in [0.15, 0.2) is 37.7 Å². The van der Waals surface area contributed by atoms with Crippen LogP contribution in [0.1, 0.15) is 13.8 Å². The van der Waals surface area contributed by atoms with Crippen molar-refractivity contribution in [2.45, 2.75) is 198 Å². The predicted octanol–water partition coefficient (Wildman–Crippen LogP) is -13.8. The van der Waals surface area contributed by atoms with Crippen molar-refractivity contribution in [2.24, 2.45) is 0 Å². The fourth-order valence-corrected chi connectivity index (χ4v) is 9.20. The SMILES string of the molecule is CC(=O)N[C@@H]1[C@@H](O)[C@H](O[C@@H]2O[C@H](CO)[C@@H](O[C@@H]3O[C@H](CO)[C@@H](O)[C@H](O[C@H]4O[C@H](CO)[C@@H](O)[C@@H](O)[C@@H]4O[C@H]4O[C@H](CO)[C@H](O)[C@@H](O)[C@@H]4O)[C@@H]3O)[C@H](O)[C@H]2NC(C)=O)[C@@H](CO[C@H]2O[C@H](CO)[C@@H](O)[C@H](O)[C@@H]2O)O[C@H]1O. The second kappa shape index (κ2) is 26.0. The summed E-state index contributed by atoms with van der Waals surface area (Å²) in [6, 6.07) is -3.43. The van der Waals surface area contributed by atoms with Gasteiger partial charge in [0.2, 0.25) is 11.8 Å². The average Bonchev–Trinajstić information content (AvgIpc) is 3.35. The number of rotatable bonds is 18. The highest BCUT2D eigenvalue weighted by atomic mass is 16.8. The average molecular weight is 1070 g/mol. The van der Waals surface area contributed by atoms with Crippen LogP contribution in [-0.2, 0) is 61.7 Å². The standard InChI is InChI=1S/C40H68N2O31/c1-9(48)41-17-23(54)32(16(64-35(17)62)8-63-37-28(59)25(56)19(50)11(3-43)65-37)70-36-18(42-10(2)49)24(55)31(15(7-47)69-36)71-39-30(61)33(22(53)14(6-46)67-39)72-40-34(27(58)21(52)13(5-45)68-40)73-38-29(60)26(57)20(51)12(4-44)66-38/h11-40,43-47,50-62H,3-8H2,1-2H3,(H,41,48)(H,42,49)/t11-,12-,13-,14-,15-,16-,17-,18-,19-,20+,21-,22-,23-,24-,25+,26-,27-,28+,29+,30+,31-,32-,33+,34+,35-,36+,37+,38-,39+,40-/m1/s1. The molecule has 6 aliphatic heterocycles. The lowest BCUT2D eigenvalue weighted by molar-refractivity contribution is -0.396. The van der Waals surface area contributed by atoms with Gasteiger partial charge in [0.05, 0.1) is 39.6 Å². The first kappa shape index (κ1) is 60.0. The number of aliphatic hydroxyl groups excluding tert-OH is 18. The zero-order chi connectivity index (χ0) is 53.9. The molecule has 30 atom stereocenters. The predicted molar refractivity (Wildman–Crippen MR) is 222 cm³/mol. The smallest absolute Gasteiger partial charge is 0.217 e. The fourth-order valence-electron chi connectivity index (χ4n) is 9.20. The fraction of sp³-hybridized carbons (Fsp3) is 0.950. The molecule has 6 rings (SSSR count). The van der Waals surface area contributed by atoms with Crippen LogP contribution in [0, 0.1) is 0 Å². The van der Waals surface area contributed by atoms with Gasteiger partial charge in [0, 0.05) is 13.8 Å². The van der Waals surface area contributed by atoms with Crippen molar-refractivity contribution >= 4 is 11.8 Å². The van der Waals surface area contributed by atoms with Crippen molar-refractivity contribution in [2.75, 3.05) is 39.6 Å². The highest BCUT2D eigenvalue weighted by Crippen LogP contribution is 2.36. The normalized spacial score (nSPS) is 49.8. The molecule has 0 aliphatic carbocycles. The van der Waals surface area contributed by atoms with Gasteiger partial charge < -0.3 is 155 Å². The largest absolute Gasteiger partial charge is 0.394 e. The summed E-state index contributed by atoms with van der Waals surface area (Å²) in [5.41, 5.74) is 0. The van der Waals surface area contributed by atoms with Gasteiger partial charge >= 0.3 is 0 Å². The summed E-state index contributed by atoms with van der Waals surface area (Å²) < 4.78 is 62.7. The number of aliphatic hydroxyl groups is 18. The van der Waals surface area contributed by atoms with E-state index in [2.05, 4.69) is 10.6 Å². The highest BCUT2D eigenvalue weighted by Gasteiger charge is 2.58. The molecule has 0 spiro atoms. The van der Waals surface area contributed by atoms with Crippen molar-refractivity contribution in [3.8, 4) is 0 Å². The zero-order valence-electron chi connectivity index (χ0n) is 38.9. The molecule has 0 aromatic heterocycles. The summed E-state index contributed by atoms with van der Waals surface area (Å²) >= 11 is 0. The van der Waals surface area contributed by atoms with E-state index in [0.717, 1.165) is 13.8 Å². The van der Waals surface area contributed by atoms with Crippen LogP contribution in [0.25, 0.3) is 0 Å². The topological polar surface area (TPSA) is 524 Å². The van der Waals surface area contributed by atoms with Crippen LogP contribution < -0.4 is 10.6 Å². The summed E-state index contributed by atoms with van der Waals surface area (Å²) in [7, 11) is 0. The minimum atomic E-state index is -2.25. The van der Waals surface area contributed by atoms with Gasteiger partial charge in [-0.2, -0.15) is 0 Å². The Balaban J connectivity index is 1.23. The van der Waals surface area contributed by atoms with Crippen LogP contribution in [0.4, 0.5) is 0 Å². The Morgan fingerprint density at radius 1 is 0.356 bits per heavy atom. The van der Waals surface area contributed by atoms with Crippen molar-refractivity contribution in [3.05, 3.63) is 0 Å². The minimum Gasteiger partial charge on any atom is -0.394 e. The molecule has 33 heteroatoms. The molecule has 424 valence electrons. The summed E-state index contributed by atoms with van der Waals surface area (Å²) in [6.07, 6.45) is -53.3. The van der Waals surface area contributed by atoms with Crippen LogP contribution in [0.3, 0.4) is 0 Å². The lowest BCUT2D eigenvalue weighted by atomic mass is 9.93. The number of carbonyl (C=O) groups is 2. The Labute approximate surface area is 413 Å². The monoisotopic (exact) mass is 1070 g/mol. The van der Waals surface area contributed by atoms with Crippen molar-refractivity contribution in [3.63, 3.8) is 0 Å². The maximum Gasteiger partial charge on any atom is 0.217 e. The molecule has 0 aromatic carbocycles. The van der Waals surface area contributed by atoms with Gasteiger partial charge in [0.25, 0.3) is 0 Å². The van der Waals surface area contributed by atoms with Crippen LogP contribution in [0.15, 0.2) is 0 Å². The number of ether oxygens (including phenoxy) is 11. The molecule has 33 nitrogen and oxygen atoms in total. The number of hydrogen-bond acceptors (Lipinski definition) is 31. The summed E-state index contributed by atoms with van der Waals surface area (Å²) in [6.45, 7) is -3.57. The molecular formula is C40H68N2O31. The van der Waals surface area contributed by atoms with Gasteiger partial charge in [-0.05, 0) is 0 Å². The summed E-state index contributed by atoms with van der Waals surface area (Å²) in [4.78, 5) is 24.8. The van der Waals surface area contributed by atoms with Gasteiger partial charge in [-0.15, -0.1) is 0 Å². The van der Waals surface area contributed by atoms with E-state index in [1.165, 1.54) is 0 Å². The van der Waals surface area contributed by atoms with Crippen LogP contribution in [0.2, 0.25) is 0 Å². The van der Waals surface area contributed by atoms with E-state index < -0.39 is 236 Å². The molecule has 73 heavy (non-hydrogen) atoms. The van der Waals surface area contributed by atoms with E-state index in [0.29, 0.717) is 0 Å². The maximum absolute atomic E-state index is 12.7. The van der Waals surface area contributed by atoms with E-state index in [4.69, 9.17) is 52.1 Å². The molecule has 0 unspecified atom stereocenters. The third kappa shape index (κ3) is 13.0.